The molecule has 0 aromatic rings. The maximum Gasteiger partial charge on any atom is 0.128 e. The lowest BCUT2D eigenvalue weighted by molar-refractivity contribution is 0.240. The van der Waals surface area contributed by atoms with Crippen molar-refractivity contribution in [3.63, 3.8) is 0 Å². The Balaban J connectivity index is 2.90. The van der Waals surface area contributed by atoms with Crippen LogP contribution < -0.4 is 0 Å². The zero-order valence-electron chi connectivity index (χ0n) is 12.3. The van der Waals surface area contributed by atoms with Crippen molar-refractivity contribution < 1.29 is 5.11 Å². The Morgan fingerprint density at radius 2 is 1.00 bits per heavy atom. The van der Waals surface area contributed by atoms with E-state index in [-0.39, 0.29) is 0 Å². The number of aliphatic hydroxyl groups excluding tert-OH is 1. The van der Waals surface area contributed by atoms with Gasteiger partial charge in [-0.25, -0.2) is 0 Å². The van der Waals surface area contributed by atoms with Gasteiger partial charge < -0.3 is 5.11 Å². The molecule has 110 valence electrons. The Morgan fingerprint density at radius 3 is 1.33 bits per heavy atom. The van der Waals surface area contributed by atoms with Crippen LogP contribution in [-0.4, -0.2) is 10.7 Å². The molecule has 0 saturated carbocycles. The molecule has 0 spiro atoms. The number of hydrogen-bond acceptors (Lipinski definition) is 1. The van der Waals surface area contributed by atoms with E-state index in [1.165, 1.54) is 77.0 Å². The number of unbranched alkanes of at least 4 members (excludes halogenated alkanes) is 12. The van der Waals surface area contributed by atoms with Crippen molar-refractivity contribution in [2.45, 2.75) is 102 Å². The fourth-order valence-corrected chi connectivity index (χ4v) is 2.48. The van der Waals surface area contributed by atoms with Crippen LogP contribution in [0.2, 0.25) is 0 Å². The van der Waals surface area contributed by atoms with Crippen LogP contribution in [0.4, 0.5) is 0 Å². The fourth-order valence-electron chi connectivity index (χ4n) is 2.33. The third-order valence-electron chi connectivity index (χ3n) is 3.55. The molecule has 0 saturated heterocycles. The summed E-state index contributed by atoms with van der Waals surface area (Å²) in [6.07, 6.45) is 18.4. The Kier molecular flexibility index (Phi) is 15.5. The number of alkyl halides is 1. The average molecular weight is 277 g/mol. The van der Waals surface area contributed by atoms with Crippen LogP contribution in [-0.2, 0) is 0 Å². The summed E-state index contributed by atoms with van der Waals surface area (Å²) in [6, 6.07) is 0. The first kappa shape index (κ1) is 18.2. The highest BCUT2D eigenvalue weighted by Gasteiger charge is 1.97. The van der Waals surface area contributed by atoms with Gasteiger partial charge in [0.15, 0.2) is 0 Å². The minimum absolute atomic E-state index is 0.627. The molecule has 1 N–H and O–H groups in total. The molecule has 0 aromatic carbocycles. The fraction of sp³-hybridized carbons (Fsp3) is 1.00. The van der Waals surface area contributed by atoms with E-state index in [4.69, 9.17) is 16.7 Å². The van der Waals surface area contributed by atoms with Crippen molar-refractivity contribution in [2.75, 3.05) is 0 Å². The topological polar surface area (TPSA) is 20.2 Å². The van der Waals surface area contributed by atoms with Gasteiger partial charge in [-0.05, 0) is 12.8 Å². The summed E-state index contributed by atoms with van der Waals surface area (Å²) < 4.78 is 0. The minimum atomic E-state index is -0.627. The van der Waals surface area contributed by atoms with Crippen molar-refractivity contribution in [3.05, 3.63) is 0 Å². The van der Waals surface area contributed by atoms with E-state index in [1.54, 1.807) is 0 Å². The van der Waals surface area contributed by atoms with Crippen molar-refractivity contribution in [2.24, 2.45) is 0 Å². The minimum Gasteiger partial charge on any atom is -0.378 e. The van der Waals surface area contributed by atoms with Crippen molar-refractivity contribution in [3.8, 4) is 0 Å². The summed E-state index contributed by atoms with van der Waals surface area (Å²) in [5.41, 5.74) is -0.627. The largest absolute Gasteiger partial charge is 0.378 e. The monoisotopic (exact) mass is 276 g/mol. The normalized spacial score (nSPS) is 12.8. The van der Waals surface area contributed by atoms with Crippen LogP contribution in [0.3, 0.4) is 0 Å². The maximum absolute atomic E-state index is 8.89. The first-order chi connectivity index (χ1) is 8.77. The van der Waals surface area contributed by atoms with E-state index in [2.05, 4.69) is 6.92 Å². The first-order valence-corrected chi connectivity index (χ1v) is 8.53. The van der Waals surface area contributed by atoms with Crippen LogP contribution in [0.15, 0.2) is 0 Å². The molecule has 0 aliphatic rings. The van der Waals surface area contributed by atoms with E-state index in [0.29, 0.717) is 0 Å². The van der Waals surface area contributed by atoms with E-state index in [0.717, 1.165) is 12.8 Å². The summed E-state index contributed by atoms with van der Waals surface area (Å²) in [4.78, 5) is 0. The summed E-state index contributed by atoms with van der Waals surface area (Å²) >= 11 is 5.48. The summed E-state index contributed by atoms with van der Waals surface area (Å²) in [7, 11) is 0. The second-order valence-corrected chi connectivity index (χ2v) is 5.97. The van der Waals surface area contributed by atoms with Crippen LogP contribution in [0.5, 0.6) is 0 Å². The van der Waals surface area contributed by atoms with Crippen molar-refractivity contribution in [1.29, 1.82) is 0 Å². The molecule has 0 aliphatic carbocycles. The molecule has 1 unspecified atom stereocenters. The quantitative estimate of drug-likeness (QED) is 0.304. The summed E-state index contributed by atoms with van der Waals surface area (Å²) in [5.74, 6) is 0. The second-order valence-electron chi connectivity index (χ2n) is 5.47. The molecule has 0 amide bonds. The van der Waals surface area contributed by atoms with Gasteiger partial charge in [0, 0.05) is 0 Å². The lowest BCUT2D eigenvalue weighted by Gasteiger charge is -2.03. The molecule has 2 heteroatoms. The van der Waals surface area contributed by atoms with E-state index in [1.807, 2.05) is 0 Å². The molecule has 0 rings (SSSR count). The zero-order valence-corrected chi connectivity index (χ0v) is 13.1. The first-order valence-electron chi connectivity index (χ1n) is 8.09. The molecular formula is C16H33ClO. The van der Waals surface area contributed by atoms with Gasteiger partial charge in [0.25, 0.3) is 0 Å². The van der Waals surface area contributed by atoms with Gasteiger partial charge in [-0.1, -0.05) is 95.6 Å². The predicted octanol–water partition coefficient (Wildman–Crippen LogP) is 6.02. The highest BCUT2D eigenvalue weighted by atomic mass is 35.5. The van der Waals surface area contributed by atoms with E-state index < -0.39 is 5.56 Å². The molecule has 0 radical (unpaired) electrons. The highest BCUT2D eigenvalue weighted by Crippen LogP contribution is 2.13. The lowest BCUT2D eigenvalue weighted by atomic mass is 10.0. The maximum atomic E-state index is 8.89. The lowest BCUT2D eigenvalue weighted by Crippen LogP contribution is -1.94. The van der Waals surface area contributed by atoms with Crippen LogP contribution in [0.25, 0.3) is 0 Å². The Labute approximate surface area is 119 Å². The third kappa shape index (κ3) is 16.2. The van der Waals surface area contributed by atoms with Crippen molar-refractivity contribution >= 4 is 11.6 Å². The smallest absolute Gasteiger partial charge is 0.128 e. The average Bonchev–Trinajstić information content (AvgIpc) is 2.34. The number of rotatable bonds is 14. The van der Waals surface area contributed by atoms with Gasteiger partial charge in [-0.15, -0.1) is 0 Å². The molecule has 0 fully saturated rings. The molecule has 18 heavy (non-hydrogen) atoms. The van der Waals surface area contributed by atoms with Gasteiger partial charge in [-0.3, -0.25) is 0 Å². The molecule has 0 aliphatic heterocycles. The predicted molar refractivity (Wildman–Crippen MR) is 82.2 cm³/mol. The molecule has 1 nitrogen and oxygen atoms in total. The van der Waals surface area contributed by atoms with Gasteiger partial charge in [0.1, 0.15) is 5.56 Å². The van der Waals surface area contributed by atoms with Gasteiger partial charge >= 0.3 is 0 Å². The summed E-state index contributed by atoms with van der Waals surface area (Å²) in [5, 5.41) is 8.89. The summed E-state index contributed by atoms with van der Waals surface area (Å²) in [6.45, 7) is 2.27. The standard InChI is InChI=1S/C16H33ClO/c1-2-3-4-5-6-7-8-9-10-11-12-13-14-15-16(17)18/h16,18H,2-15H2,1H3. The Bertz CT molecular complexity index is 148. The van der Waals surface area contributed by atoms with Gasteiger partial charge in [0.2, 0.25) is 0 Å². The molecule has 0 bridgehead atoms. The van der Waals surface area contributed by atoms with E-state index >= 15 is 0 Å². The molecular weight excluding hydrogens is 244 g/mol. The highest BCUT2D eigenvalue weighted by molar-refractivity contribution is 6.19. The molecule has 1 atom stereocenters. The van der Waals surface area contributed by atoms with E-state index in [9.17, 15) is 0 Å². The Hall–Kier alpha value is 0.250. The SMILES string of the molecule is CCCCCCCCCCCCCCCC(O)Cl. The van der Waals surface area contributed by atoms with Gasteiger partial charge in [0.05, 0.1) is 0 Å². The van der Waals surface area contributed by atoms with Crippen molar-refractivity contribution in [1.82, 2.24) is 0 Å². The van der Waals surface area contributed by atoms with Crippen LogP contribution in [0, 0.1) is 0 Å². The number of hydrogen-bond donors (Lipinski definition) is 1. The third-order valence-corrected chi connectivity index (χ3v) is 3.76. The Morgan fingerprint density at radius 1 is 0.667 bits per heavy atom. The number of aliphatic hydroxyl groups is 1. The van der Waals surface area contributed by atoms with Crippen LogP contribution in [0.1, 0.15) is 96.8 Å². The molecule has 0 heterocycles. The van der Waals surface area contributed by atoms with Gasteiger partial charge in [-0.2, -0.15) is 0 Å². The van der Waals surface area contributed by atoms with Crippen LogP contribution >= 0.6 is 11.6 Å². The molecule has 0 aromatic heterocycles. The number of halogens is 1. The second kappa shape index (κ2) is 15.3. The zero-order chi connectivity index (χ0) is 13.5.